The second-order valence-corrected chi connectivity index (χ2v) is 7.28. The number of hydrogen-bond acceptors (Lipinski definition) is 7. The maximum atomic E-state index is 13.0. The predicted octanol–water partition coefficient (Wildman–Crippen LogP) is 1.81. The lowest BCUT2D eigenvalue weighted by atomic mass is 9.97. The van der Waals surface area contributed by atoms with Crippen molar-refractivity contribution in [2.75, 3.05) is 10.6 Å². The number of fused-ring (bicyclic) bond motifs is 2. The Bertz CT molecular complexity index is 1270. The van der Waals surface area contributed by atoms with Gasteiger partial charge in [0.05, 0.1) is 11.0 Å². The molecular formula is C23H20N6O4. The highest BCUT2D eigenvalue weighted by Crippen LogP contribution is 2.21. The number of hydrogen-bond donors (Lipinski definition) is 5. The van der Waals surface area contributed by atoms with Gasteiger partial charge in [0.25, 0.3) is 5.91 Å². The van der Waals surface area contributed by atoms with Gasteiger partial charge in [0.2, 0.25) is 11.8 Å². The molecule has 0 spiro atoms. The first-order valence-corrected chi connectivity index (χ1v) is 9.97. The molecule has 1 unspecified atom stereocenters. The van der Waals surface area contributed by atoms with Gasteiger partial charge in [0.1, 0.15) is 12.0 Å². The number of carbonyl (C=O) groups excluding carboxylic acids is 3. The van der Waals surface area contributed by atoms with E-state index in [4.69, 9.17) is 10.9 Å². The van der Waals surface area contributed by atoms with Crippen LogP contribution in [0.3, 0.4) is 0 Å². The van der Waals surface area contributed by atoms with E-state index in [1.54, 1.807) is 60.9 Å². The van der Waals surface area contributed by atoms with Crippen LogP contribution in [-0.2, 0) is 14.4 Å². The Kier molecular flexibility index (Phi) is 6.20. The molecule has 0 aliphatic heterocycles. The topological polar surface area (TPSA) is 159 Å². The fourth-order valence-electron chi connectivity index (χ4n) is 3.42. The van der Waals surface area contributed by atoms with E-state index >= 15 is 0 Å². The predicted molar refractivity (Wildman–Crippen MR) is 122 cm³/mol. The highest BCUT2D eigenvalue weighted by Gasteiger charge is 2.37. The third-order valence-corrected chi connectivity index (χ3v) is 5.08. The number of amides is 3. The van der Waals surface area contributed by atoms with Crippen LogP contribution in [0.1, 0.15) is 0 Å². The van der Waals surface area contributed by atoms with E-state index in [9.17, 15) is 14.4 Å². The standard InChI is InChI=1S/C23H20N6O4/c24-20(23(32)29-33)19(21(30)27-15-5-7-17-13(11-15)3-1-9-25-17)22(31)28-16-6-8-18-14(12-16)4-2-10-26-18/h1-12,19-20,33H,24H2,(H,27,30)(H,28,31)(H,29,32). The summed E-state index contributed by atoms with van der Waals surface area (Å²) >= 11 is 0. The number of hydroxylamine groups is 1. The van der Waals surface area contributed by atoms with E-state index < -0.39 is 29.7 Å². The van der Waals surface area contributed by atoms with Gasteiger partial charge in [0.15, 0.2) is 0 Å². The second kappa shape index (κ2) is 9.39. The van der Waals surface area contributed by atoms with Gasteiger partial charge in [-0.3, -0.25) is 29.6 Å². The molecule has 0 saturated carbocycles. The summed E-state index contributed by atoms with van der Waals surface area (Å²) in [6.07, 6.45) is 3.30. The highest BCUT2D eigenvalue weighted by molar-refractivity contribution is 6.14. The van der Waals surface area contributed by atoms with Crippen molar-refractivity contribution in [1.29, 1.82) is 0 Å². The van der Waals surface area contributed by atoms with E-state index in [-0.39, 0.29) is 0 Å². The van der Waals surface area contributed by atoms with Crippen LogP contribution in [-0.4, -0.2) is 38.9 Å². The molecule has 166 valence electrons. The van der Waals surface area contributed by atoms with Crippen molar-refractivity contribution in [2.24, 2.45) is 11.7 Å². The number of aromatic nitrogens is 2. The zero-order chi connectivity index (χ0) is 23.4. The van der Waals surface area contributed by atoms with E-state index in [1.807, 2.05) is 12.1 Å². The minimum atomic E-state index is -1.64. The molecule has 10 heteroatoms. The van der Waals surface area contributed by atoms with E-state index in [0.29, 0.717) is 11.4 Å². The molecule has 4 rings (SSSR count). The number of nitrogens with one attached hydrogen (secondary N) is 3. The van der Waals surface area contributed by atoms with Crippen molar-refractivity contribution in [3.05, 3.63) is 73.1 Å². The molecule has 10 nitrogen and oxygen atoms in total. The Balaban J connectivity index is 1.59. The SMILES string of the molecule is NC(C(=O)NO)C(C(=O)Nc1ccc2ncccc2c1)C(=O)Nc1ccc2ncccc2c1. The summed E-state index contributed by atoms with van der Waals surface area (Å²) in [5.41, 5.74) is 9.49. The van der Waals surface area contributed by atoms with Crippen molar-refractivity contribution in [2.45, 2.75) is 6.04 Å². The lowest BCUT2D eigenvalue weighted by Crippen LogP contribution is -2.53. The van der Waals surface area contributed by atoms with Gasteiger partial charge in [-0.2, -0.15) is 0 Å². The summed E-state index contributed by atoms with van der Waals surface area (Å²) in [6, 6.07) is 15.5. The van der Waals surface area contributed by atoms with Crippen molar-refractivity contribution in [1.82, 2.24) is 15.4 Å². The monoisotopic (exact) mass is 444 g/mol. The van der Waals surface area contributed by atoms with Gasteiger partial charge in [-0.05, 0) is 48.5 Å². The van der Waals surface area contributed by atoms with Gasteiger partial charge in [-0.25, -0.2) is 5.48 Å². The van der Waals surface area contributed by atoms with Crippen LogP contribution in [0.4, 0.5) is 11.4 Å². The normalized spacial score (nSPS) is 11.8. The van der Waals surface area contributed by atoms with Gasteiger partial charge < -0.3 is 16.4 Å². The number of pyridine rings is 2. The fourth-order valence-corrected chi connectivity index (χ4v) is 3.42. The first-order valence-electron chi connectivity index (χ1n) is 9.97. The number of carbonyl (C=O) groups is 3. The van der Waals surface area contributed by atoms with Crippen LogP contribution in [0, 0.1) is 5.92 Å². The van der Waals surface area contributed by atoms with Crippen LogP contribution >= 0.6 is 0 Å². The number of nitrogens with zero attached hydrogens (tertiary/aromatic N) is 2. The quantitative estimate of drug-likeness (QED) is 0.172. The smallest absolute Gasteiger partial charge is 0.261 e. The molecule has 6 N–H and O–H groups in total. The van der Waals surface area contributed by atoms with Crippen molar-refractivity contribution in [3.63, 3.8) is 0 Å². The molecular weight excluding hydrogens is 424 g/mol. The van der Waals surface area contributed by atoms with Crippen molar-refractivity contribution in [3.8, 4) is 0 Å². The van der Waals surface area contributed by atoms with Gasteiger partial charge in [-0.15, -0.1) is 0 Å². The molecule has 0 saturated heterocycles. The molecule has 1 atom stereocenters. The maximum Gasteiger partial charge on any atom is 0.261 e. The van der Waals surface area contributed by atoms with E-state index in [1.165, 1.54) is 5.48 Å². The third kappa shape index (κ3) is 4.76. The Morgan fingerprint density at radius 2 is 1.24 bits per heavy atom. The summed E-state index contributed by atoms with van der Waals surface area (Å²) in [5.74, 6) is -4.33. The number of nitrogens with two attached hydrogens (primary N) is 1. The average molecular weight is 444 g/mol. The van der Waals surface area contributed by atoms with Gasteiger partial charge in [0, 0.05) is 34.5 Å². The van der Waals surface area contributed by atoms with Crippen LogP contribution < -0.4 is 21.8 Å². The van der Waals surface area contributed by atoms with Gasteiger partial charge >= 0.3 is 0 Å². The Morgan fingerprint density at radius 3 is 1.70 bits per heavy atom. The third-order valence-electron chi connectivity index (χ3n) is 5.08. The molecule has 4 aromatic rings. The van der Waals surface area contributed by atoms with E-state index in [2.05, 4.69) is 20.6 Å². The first-order chi connectivity index (χ1) is 16.0. The Morgan fingerprint density at radius 1 is 0.758 bits per heavy atom. The highest BCUT2D eigenvalue weighted by atomic mass is 16.5. The molecule has 2 aromatic carbocycles. The average Bonchev–Trinajstić information content (AvgIpc) is 2.83. The molecule has 0 fully saturated rings. The maximum absolute atomic E-state index is 13.0. The summed E-state index contributed by atoms with van der Waals surface area (Å²) in [4.78, 5) is 46.4. The minimum Gasteiger partial charge on any atom is -0.325 e. The molecule has 0 bridgehead atoms. The molecule has 0 radical (unpaired) electrons. The molecule has 3 amide bonds. The number of benzene rings is 2. The molecule has 0 aliphatic rings. The van der Waals surface area contributed by atoms with Crippen LogP contribution in [0.15, 0.2) is 73.1 Å². The van der Waals surface area contributed by atoms with Crippen molar-refractivity contribution < 1.29 is 19.6 Å². The molecule has 2 heterocycles. The van der Waals surface area contributed by atoms with Gasteiger partial charge in [-0.1, -0.05) is 12.1 Å². The largest absolute Gasteiger partial charge is 0.325 e. The van der Waals surface area contributed by atoms with Crippen molar-refractivity contribution >= 4 is 50.9 Å². The van der Waals surface area contributed by atoms with Crippen LogP contribution in [0.5, 0.6) is 0 Å². The van der Waals surface area contributed by atoms with Crippen LogP contribution in [0.2, 0.25) is 0 Å². The molecule has 0 aliphatic carbocycles. The number of anilines is 2. The minimum absolute atomic E-state index is 0.395. The summed E-state index contributed by atoms with van der Waals surface area (Å²) < 4.78 is 0. The van der Waals surface area contributed by atoms with Crippen LogP contribution in [0.25, 0.3) is 21.8 Å². The molecule has 2 aromatic heterocycles. The zero-order valence-corrected chi connectivity index (χ0v) is 17.2. The Hall–Kier alpha value is -4.41. The number of rotatable bonds is 6. The zero-order valence-electron chi connectivity index (χ0n) is 17.2. The summed E-state index contributed by atoms with van der Waals surface area (Å²) in [6.45, 7) is 0. The first kappa shape index (κ1) is 21.8. The lowest BCUT2D eigenvalue weighted by molar-refractivity contribution is -0.139. The lowest BCUT2D eigenvalue weighted by Gasteiger charge is -2.21. The second-order valence-electron chi connectivity index (χ2n) is 7.28. The van der Waals surface area contributed by atoms with E-state index in [0.717, 1.165) is 21.8 Å². The summed E-state index contributed by atoms with van der Waals surface area (Å²) in [7, 11) is 0. The fraction of sp³-hybridized carbons (Fsp3) is 0.0870. The summed E-state index contributed by atoms with van der Waals surface area (Å²) in [5, 5.41) is 15.8. The molecule has 33 heavy (non-hydrogen) atoms. The Labute approximate surface area is 187 Å².